The largest absolute Gasteiger partial charge is 0.494 e. The van der Waals surface area contributed by atoms with Gasteiger partial charge in [-0.3, -0.25) is 4.79 Å². The summed E-state index contributed by atoms with van der Waals surface area (Å²) in [6.07, 6.45) is 3.88. The fourth-order valence-corrected chi connectivity index (χ4v) is 3.83. The molecular formula is C28H30N2O4. The molecule has 0 aliphatic heterocycles. The van der Waals surface area contributed by atoms with Crippen molar-refractivity contribution in [1.82, 2.24) is 0 Å². The fraction of sp³-hybridized carbons (Fsp3) is 0.250. The number of ether oxygens (including phenoxy) is 2. The lowest BCUT2D eigenvalue weighted by molar-refractivity contribution is 0.288. The first-order valence-electron chi connectivity index (χ1n) is 11.6. The fourth-order valence-electron chi connectivity index (χ4n) is 3.83. The van der Waals surface area contributed by atoms with E-state index in [1.807, 2.05) is 36.4 Å². The molecule has 4 rings (SSSR count). The van der Waals surface area contributed by atoms with Crippen LogP contribution in [0.5, 0.6) is 11.5 Å². The molecule has 4 N–H and O–H groups in total. The van der Waals surface area contributed by atoms with Gasteiger partial charge in [-0.1, -0.05) is 30.3 Å². The first kappa shape index (κ1) is 23.2. The van der Waals surface area contributed by atoms with Gasteiger partial charge in [0.25, 0.3) is 0 Å². The van der Waals surface area contributed by atoms with Gasteiger partial charge < -0.3 is 25.4 Å². The van der Waals surface area contributed by atoms with E-state index >= 15 is 0 Å². The third kappa shape index (κ3) is 5.52. The van der Waals surface area contributed by atoms with E-state index in [4.69, 9.17) is 25.4 Å². The van der Waals surface area contributed by atoms with Gasteiger partial charge >= 0.3 is 0 Å². The van der Waals surface area contributed by atoms with E-state index in [2.05, 4.69) is 0 Å². The molecule has 3 aromatic carbocycles. The molecule has 0 bridgehead atoms. The predicted molar refractivity (Wildman–Crippen MR) is 137 cm³/mol. The molecule has 6 heteroatoms. The van der Waals surface area contributed by atoms with E-state index in [0.717, 1.165) is 31.2 Å². The molecule has 0 aliphatic carbocycles. The van der Waals surface area contributed by atoms with Crippen LogP contribution in [0.15, 0.2) is 75.9 Å². The van der Waals surface area contributed by atoms with Crippen LogP contribution in [0.25, 0.3) is 22.3 Å². The molecule has 0 saturated carbocycles. The van der Waals surface area contributed by atoms with Crippen LogP contribution >= 0.6 is 0 Å². The van der Waals surface area contributed by atoms with E-state index in [1.54, 1.807) is 37.3 Å². The number of anilines is 2. The third-order valence-electron chi connectivity index (χ3n) is 5.73. The maximum Gasteiger partial charge on any atom is 0.196 e. The molecule has 1 heterocycles. The lowest BCUT2D eigenvalue weighted by Gasteiger charge is -2.10. The van der Waals surface area contributed by atoms with Crippen LogP contribution in [-0.2, 0) is 0 Å². The Hall–Kier alpha value is -3.93. The average Bonchev–Trinajstić information content (AvgIpc) is 2.85. The van der Waals surface area contributed by atoms with Crippen LogP contribution in [0.3, 0.4) is 0 Å². The minimum absolute atomic E-state index is 0.0358. The topological polar surface area (TPSA) is 101 Å². The summed E-state index contributed by atoms with van der Waals surface area (Å²) in [7, 11) is 0. The van der Waals surface area contributed by atoms with Gasteiger partial charge in [-0.2, -0.15) is 0 Å². The first-order valence-corrected chi connectivity index (χ1v) is 11.6. The van der Waals surface area contributed by atoms with Crippen molar-refractivity contribution in [2.24, 2.45) is 0 Å². The smallest absolute Gasteiger partial charge is 0.196 e. The Morgan fingerprint density at radius 1 is 0.824 bits per heavy atom. The van der Waals surface area contributed by atoms with Crippen LogP contribution in [-0.4, -0.2) is 13.2 Å². The highest BCUT2D eigenvalue weighted by molar-refractivity contribution is 5.81. The Kier molecular flexibility index (Phi) is 7.38. The second kappa shape index (κ2) is 10.8. The molecule has 34 heavy (non-hydrogen) atoms. The first-order chi connectivity index (χ1) is 16.5. The van der Waals surface area contributed by atoms with Crippen molar-refractivity contribution in [1.29, 1.82) is 0 Å². The van der Waals surface area contributed by atoms with Crippen LogP contribution < -0.4 is 26.4 Å². The normalized spacial score (nSPS) is 11.0. The zero-order valence-electron chi connectivity index (χ0n) is 19.4. The molecule has 0 atom stereocenters. The minimum Gasteiger partial charge on any atom is -0.494 e. The average molecular weight is 459 g/mol. The SMILES string of the molecule is Cc1c(-c2ccccc2)oc2ccc(OCCCCCCOc3cc(N)ccc3N)cc2c1=O. The van der Waals surface area contributed by atoms with Gasteiger partial charge in [0, 0.05) is 22.9 Å². The van der Waals surface area contributed by atoms with Gasteiger partial charge in [0.1, 0.15) is 22.8 Å². The number of unbranched alkanes of at least 4 members (excludes halogenated alkanes) is 3. The molecule has 0 unspecified atom stereocenters. The van der Waals surface area contributed by atoms with Crippen molar-refractivity contribution in [2.75, 3.05) is 24.7 Å². The molecule has 4 aromatic rings. The summed E-state index contributed by atoms with van der Waals surface area (Å²) in [6, 6.07) is 20.3. The molecule has 0 saturated heterocycles. The van der Waals surface area contributed by atoms with Crippen LogP contribution in [0, 0.1) is 6.92 Å². The van der Waals surface area contributed by atoms with E-state index in [1.165, 1.54) is 0 Å². The summed E-state index contributed by atoms with van der Waals surface area (Å²) in [5.74, 6) is 1.91. The van der Waals surface area contributed by atoms with Gasteiger partial charge in [-0.05, 0) is 62.9 Å². The number of rotatable bonds is 10. The van der Waals surface area contributed by atoms with Gasteiger partial charge in [0.05, 0.1) is 24.3 Å². The van der Waals surface area contributed by atoms with E-state index < -0.39 is 0 Å². The van der Waals surface area contributed by atoms with Gasteiger partial charge in [0.2, 0.25) is 0 Å². The Labute approximate surface area is 199 Å². The number of nitrogen functional groups attached to an aromatic ring is 2. The number of nitrogens with two attached hydrogens (primary N) is 2. The Balaban J connectivity index is 1.26. The highest BCUT2D eigenvalue weighted by atomic mass is 16.5. The van der Waals surface area contributed by atoms with Crippen molar-refractivity contribution in [3.05, 3.63) is 82.5 Å². The molecule has 0 radical (unpaired) electrons. The Morgan fingerprint density at radius 3 is 2.32 bits per heavy atom. The summed E-state index contributed by atoms with van der Waals surface area (Å²) >= 11 is 0. The predicted octanol–water partition coefficient (Wildman–Crippen LogP) is 5.95. The summed E-state index contributed by atoms with van der Waals surface area (Å²) in [5.41, 5.74) is 14.9. The van der Waals surface area contributed by atoms with Crippen LogP contribution in [0.4, 0.5) is 11.4 Å². The Bertz CT molecular complexity index is 1320. The number of benzene rings is 3. The molecule has 6 nitrogen and oxygen atoms in total. The van der Waals surface area contributed by atoms with Crippen LogP contribution in [0.1, 0.15) is 31.2 Å². The molecule has 1 aromatic heterocycles. The quantitative estimate of drug-likeness (QED) is 0.225. The molecule has 0 aliphatic rings. The van der Waals surface area contributed by atoms with Crippen molar-refractivity contribution in [2.45, 2.75) is 32.6 Å². The zero-order valence-corrected chi connectivity index (χ0v) is 19.4. The van der Waals surface area contributed by atoms with Gasteiger partial charge in [0.15, 0.2) is 5.43 Å². The van der Waals surface area contributed by atoms with Gasteiger partial charge in [-0.25, -0.2) is 0 Å². The zero-order chi connectivity index (χ0) is 23.9. The van der Waals surface area contributed by atoms with E-state index in [0.29, 0.717) is 58.4 Å². The lowest BCUT2D eigenvalue weighted by Crippen LogP contribution is -2.08. The second-order valence-corrected chi connectivity index (χ2v) is 8.32. The number of hydrogen-bond donors (Lipinski definition) is 2. The van der Waals surface area contributed by atoms with E-state index in [9.17, 15) is 4.79 Å². The highest BCUT2D eigenvalue weighted by Gasteiger charge is 2.13. The highest BCUT2D eigenvalue weighted by Crippen LogP contribution is 2.27. The summed E-state index contributed by atoms with van der Waals surface area (Å²) < 4.78 is 17.7. The second-order valence-electron chi connectivity index (χ2n) is 8.32. The molecular weight excluding hydrogens is 428 g/mol. The molecule has 0 amide bonds. The summed E-state index contributed by atoms with van der Waals surface area (Å²) in [5, 5.41) is 0.535. The Morgan fingerprint density at radius 2 is 1.56 bits per heavy atom. The lowest BCUT2D eigenvalue weighted by atomic mass is 10.1. The molecule has 176 valence electrons. The number of hydrogen-bond acceptors (Lipinski definition) is 6. The number of fused-ring (bicyclic) bond motifs is 1. The standard InChI is InChI=1S/C28H30N2O4/c1-19-27(31)23-18-22(12-14-25(23)34-28(19)20-9-5-4-6-10-20)32-15-7-2-3-8-16-33-26-17-21(29)11-13-24(26)30/h4-6,9-14,17-18H,2-3,7-8,15-16,29-30H2,1H3. The van der Waals surface area contributed by atoms with E-state index in [-0.39, 0.29) is 5.43 Å². The monoisotopic (exact) mass is 458 g/mol. The third-order valence-corrected chi connectivity index (χ3v) is 5.73. The van der Waals surface area contributed by atoms with Crippen LogP contribution in [0.2, 0.25) is 0 Å². The van der Waals surface area contributed by atoms with Gasteiger partial charge in [-0.15, -0.1) is 0 Å². The maximum atomic E-state index is 13.0. The summed E-state index contributed by atoms with van der Waals surface area (Å²) in [4.78, 5) is 13.0. The minimum atomic E-state index is -0.0358. The van der Waals surface area contributed by atoms with Crippen molar-refractivity contribution in [3.8, 4) is 22.8 Å². The maximum absolute atomic E-state index is 13.0. The van der Waals surface area contributed by atoms with Crippen molar-refractivity contribution < 1.29 is 13.9 Å². The molecule has 0 fully saturated rings. The molecule has 0 spiro atoms. The summed E-state index contributed by atoms with van der Waals surface area (Å²) in [6.45, 7) is 2.98. The van der Waals surface area contributed by atoms with Crippen molar-refractivity contribution in [3.63, 3.8) is 0 Å². The van der Waals surface area contributed by atoms with Crippen molar-refractivity contribution >= 4 is 22.3 Å².